The van der Waals surface area contributed by atoms with Gasteiger partial charge in [-0.15, -0.1) is 0 Å². The van der Waals surface area contributed by atoms with Crippen LogP contribution in [0, 0.1) is 0 Å². The molecule has 9 heteroatoms. The third-order valence-electron chi connectivity index (χ3n) is 6.27. The molecule has 1 aliphatic rings. The van der Waals surface area contributed by atoms with E-state index in [1.807, 2.05) is 47.4 Å². The van der Waals surface area contributed by atoms with Crippen LogP contribution < -0.4 is 15.8 Å². The van der Waals surface area contributed by atoms with Crippen molar-refractivity contribution in [3.05, 3.63) is 107 Å². The summed E-state index contributed by atoms with van der Waals surface area (Å²) in [5.74, 6) is 0.238. The minimum absolute atomic E-state index is 0.0268. The van der Waals surface area contributed by atoms with E-state index >= 15 is 0 Å². The zero-order chi connectivity index (χ0) is 25.6. The predicted octanol–water partition coefficient (Wildman–Crippen LogP) is 2.98. The third kappa shape index (κ3) is 5.72. The van der Waals surface area contributed by atoms with Crippen LogP contribution in [0.2, 0.25) is 0 Å². The van der Waals surface area contributed by atoms with Crippen LogP contribution in [0.3, 0.4) is 0 Å². The molecule has 1 aliphatic heterocycles. The molecule has 0 aliphatic carbocycles. The average Bonchev–Trinajstić information content (AvgIpc) is 2.95. The molecule has 2 aromatic carbocycles. The number of carbonyl (C=O) groups is 2. The van der Waals surface area contributed by atoms with Gasteiger partial charge in [0.15, 0.2) is 0 Å². The van der Waals surface area contributed by atoms with Gasteiger partial charge in [-0.25, -0.2) is 9.97 Å². The van der Waals surface area contributed by atoms with Crippen LogP contribution >= 0.6 is 0 Å². The normalized spacial score (nSPS) is 13.3. The first kappa shape index (κ1) is 23.9. The van der Waals surface area contributed by atoms with E-state index in [9.17, 15) is 14.4 Å². The zero-order valence-electron chi connectivity index (χ0n) is 20.1. The van der Waals surface area contributed by atoms with Crippen molar-refractivity contribution >= 4 is 23.5 Å². The van der Waals surface area contributed by atoms with Gasteiger partial charge in [0, 0.05) is 50.0 Å². The van der Waals surface area contributed by atoms with Crippen LogP contribution in [-0.2, 0) is 11.2 Å². The molecule has 1 saturated heterocycles. The number of H-pyrrole nitrogens is 1. The number of amides is 2. The van der Waals surface area contributed by atoms with E-state index in [1.165, 1.54) is 6.07 Å². The van der Waals surface area contributed by atoms with Crippen molar-refractivity contribution in [1.82, 2.24) is 19.9 Å². The Morgan fingerprint density at radius 1 is 0.838 bits per heavy atom. The molecule has 2 N–H and O–H groups in total. The Kier molecular flexibility index (Phi) is 7.02. The van der Waals surface area contributed by atoms with Crippen LogP contribution in [-0.4, -0.2) is 57.8 Å². The molecule has 0 atom stereocenters. The summed E-state index contributed by atoms with van der Waals surface area (Å²) < 4.78 is 0. The highest BCUT2D eigenvalue weighted by molar-refractivity contribution is 6.04. The molecular formula is C28H26N6O3. The molecule has 0 saturated carbocycles. The average molecular weight is 495 g/mol. The maximum absolute atomic E-state index is 12.8. The number of anilines is 2. The van der Waals surface area contributed by atoms with Crippen LogP contribution in [0.1, 0.15) is 15.9 Å². The lowest BCUT2D eigenvalue weighted by molar-refractivity contribution is -0.130. The Labute approximate surface area is 213 Å². The molecular weight excluding hydrogens is 468 g/mol. The van der Waals surface area contributed by atoms with Crippen molar-refractivity contribution in [2.75, 3.05) is 36.4 Å². The second kappa shape index (κ2) is 10.9. The molecule has 9 nitrogen and oxygen atoms in total. The Morgan fingerprint density at radius 2 is 1.54 bits per heavy atom. The second-order valence-electron chi connectivity index (χ2n) is 8.73. The maximum atomic E-state index is 12.8. The maximum Gasteiger partial charge on any atom is 0.261 e. The van der Waals surface area contributed by atoms with Gasteiger partial charge in [0.25, 0.3) is 11.5 Å². The van der Waals surface area contributed by atoms with Crippen LogP contribution in [0.4, 0.5) is 11.6 Å². The Morgan fingerprint density at radius 3 is 2.22 bits per heavy atom. The largest absolute Gasteiger partial charge is 0.339 e. The molecule has 0 radical (unpaired) electrons. The Balaban J connectivity index is 1.15. The summed E-state index contributed by atoms with van der Waals surface area (Å²) in [6.07, 6.45) is 3.70. The lowest BCUT2D eigenvalue weighted by Crippen LogP contribution is -2.49. The molecule has 186 valence electrons. The number of aromatic nitrogens is 3. The highest BCUT2D eigenvalue weighted by atomic mass is 16.2. The van der Waals surface area contributed by atoms with Crippen molar-refractivity contribution in [3.63, 3.8) is 0 Å². The van der Waals surface area contributed by atoms with Crippen LogP contribution in [0.15, 0.2) is 90.0 Å². The van der Waals surface area contributed by atoms with Gasteiger partial charge in [-0.2, -0.15) is 0 Å². The lowest BCUT2D eigenvalue weighted by Gasteiger charge is -2.34. The standard InChI is InChI=1S/C28H26N6O3/c35-25(33-15-17-34(18-16-33)28-29-13-4-14-30-28)19-20-7-9-22(10-8-20)31-26(36)23-11-12-24(32-27(23)37)21-5-2-1-3-6-21/h1-14H,15-19H2,(H,31,36)(H,32,37). The van der Waals surface area contributed by atoms with E-state index < -0.39 is 11.5 Å². The minimum atomic E-state index is -0.495. The fourth-order valence-corrected chi connectivity index (χ4v) is 4.24. The summed E-state index contributed by atoms with van der Waals surface area (Å²) in [6, 6.07) is 21.5. The van der Waals surface area contributed by atoms with Crippen LogP contribution in [0.25, 0.3) is 11.3 Å². The van der Waals surface area contributed by atoms with Crippen molar-refractivity contribution in [1.29, 1.82) is 0 Å². The van der Waals surface area contributed by atoms with E-state index in [4.69, 9.17) is 0 Å². The quantitative estimate of drug-likeness (QED) is 0.426. The Hall–Kier alpha value is -4.79. The number of nitrogens with zero attached hydrogens (tertiary/aromatic N) is 4. The topological polar surface area (TPSA) is 111 Å². The van der Waals surface area contributed by atoms with Gasteiger partial charge in [-0.1, -0.05) is 42.5 Å². The minimum Gasteiger partial charge on any atom is -0.339 e. The molecule has 0 spiro atoms. The fourth-order valence-electron chi connectivity index (χ4n) is 4.24. The molecule has 2 amide bonds. The molecule has 3 heterocycles. The number of hydrogen-bond donors (Lipinski definition) is 2. The molecule has 1 fully saturated rings. The fraction of sp³-hybridized carbons (Fsp3) is 0.179. The van der Waals surface area contributed by atoms with E-state index in [2.05, 4.69) is 25.2 Å². The van der Waals surface area contributed by atoms with Crippen molar-refractivity contribution in [2.45, 2.75) is 6.42 Å². The number of pyridine rings is 1. The summed E-state index contributed by atoms with van der Waals surface area (Å²) in [5.41, 5.74) is 2.47. The van der Waals surface area contributed by atoms with Gasteiger partial charge >= 0.3 is 0 Å². The molecule has 0 unspecified atom stereocenters. The van der Waals surface area contributed by atoms with Gasteiger partial charge in [0.1, 0.15) is 5.56 Å². The number of benzene rings is 2. The smallest absolute Gasteiger partial charge is 0.261 e. The van der Waals surface area contributed by atoms with E-state index in [-0.39, 0.29) is 17.9 Å². The third-order valence-corrected chi connectivity index (χ3v) is 6.27. The second-order valence-corrected chi connectivity index (χ2v) is 8.73. The van der Waals surface area contributed by atoms with Gasteiger partial charge < -0.3 is 20.1 Å². The number of carbonyl (C=O) groups excluding carboxylic acids is 2. The summed E-state index contributed by atoms with van der Waals surface area (Å²) in [5, 5.41) is 2.75. The highest BCUT2D eigenvalue weighted by Crippen LogP contribution is 2.16. The van der Waals surface area contributed by atoms with Crippen molar-refractivity contribution < 1.29 is 9.59 Å². The molecule has 37 heavy (non-hydrogen) atoms. The zero-order valence-corrected chi connectivity index (χ0v) is 20.1. The summed E-state index contributed by atoms with van der Waals surface area (Å²) in [4.78, 5) is 53.2. The monoisotopic (exact) mass is 494 g/mol. The van der Waals surface area contributed by atoms with E-state index in [0.717, 1.165) is 11.1 Å². The van der Waals surface area contributed by atoms with Gasteiger partial charge in [0.2, 0.25) is 11.9 Å². The number of nitrogens with one attached hydrogen (secondary N) is 2. The van der Waals surface area contributed by atoms with E-state index in [0.29, 0.717) is 43.5 Å². The van der Waals surface area contributed by atoms with Gasteiger partial charge in [-0.05, 0) is 41.5 Å². The molecule has 0 bridgehead atoms. The SMILES string of the molecule is O=C(Nc1ccc(CC(=O)N2CCN(c3ncccn3)CC2)cc1)c1ccc(-c2ccccc2)[nH]c1=O. The number of hydrogen-bond acceptors (Lipinski definition) is 6. The van der Waals surface area contributed by atoms with Crippen LogP contribution in [0.5, 0.6) is 0 Å². The number of aromatic amines is 1. The first-order valence-electron chi connectivity index (χ1n) is 12.1. The lowest BCUT2D eigenvalue weighted by atomic mass is 10.1. The molecule has 4 aromatic rings. The molecule has 5 rings (SSSR count). The van der Waals surface area contributed by atoms with Crippen molar-refractivity contribution in [3.8, 4) is 11.3 Å². The highest BCUT2D eigenvalue weighted by Gasteiger charge is 2.22. The van der Waals surface area contributed by atoms with Crippen molar-refractivity contribution in [2.24, 2.45) is 0 Å². The molecule has 2 aromatic heterocycles. The summed E-state index contributed by atoms with van der Waals surface area (Å²) >= 11 is 0. The predicted molar refractivity (Wildman–Crippen MR) is 141 cm³/mol. The number of piperazine rings is 1. The first-order valence-corrected chi connectivity index (χ1v) is 12.1. The summed E-state index contributed by atoms with van der Waals surface area (Å²) in [6.45, 7) is 2.60. The van der Waals surface area contributed by atoms with Gasteiger partial charge in [-0.3, -0.25) is 14.4 Å². The number of rotatable bonds is 6. The van der Waals surface area contributed by atoms with E-state index in [1.54, 1.807) is 36.7 Å². The van der Waals surface area contributed by atoms with Gasteiger partial charge in [0.05, 0.1) is 6.42 Å². The summed E-state index contributed by atoms with van der Waals surface area (Å²) in [7, 11) is 0. The first-order chi connectivity index (χ1) is 18.1. The Bertz CT molecular complexity index is 1430.